The first-order valence-corrected chi connectivity index (χ1v) is 9.29. The van der Waals surface area contributed by atoms with Crippen LogP contribution in [0.5, 0.6) is 0 Å². The van der Waals surface area contributed by atoms with Crippen molar-refractivity contribution in [3.05, 3.63) is 29.3 Å². The molecule has 1 aromatic rings. The smallest absolute Gasteiger partial charge is 0.240 e. The third-order valence-electron chi connectivity index (χ3n) is 4.65. The Balaban J connectivity index is 0.00000242. The van der Waals surface area contributed by atoms with Gasteiger partial charge < -0.3 is 5.73 Å². The second-order valence-electron chi connectivity index (χ2n) is 6.03. The molecule has 1 aliphatic carbocycles. The summed E-state index contributed by atoms with van der Waals surface area (Å²) >= 11 is 0. The monoisotopic (exact) mass is 346 g/mol. The zero-order valence-electron chi connectivity index (χ0n) is 13.4. The van der Waals surface area contributed by atoms with E-state index >= 15 is 0 Å². The van der Waals surface area contributed by atoms with E-state index in [4.69, 9.17) is 5.73 Å². The number of hydrogen-bond donors (Lipinski definition) is 2. The summed E-state index contributed by atoms with van der Waals surface area (Å²) in [5.41, 5.74) is 8.16. The average molecular weight is 347 g/mol. The Morgan fingerprint density at radius 3 is 2.32 bits per heavy atom. The van der Waals surface area contributed by atoms with E-state index in [-0.39, 0.29) is 19.0 Å². The third kappa shape index (κ3) is 4.44. The molecule has 2 rings (SSSR count). The second kappa shape index (κ2) is 7.77. The van der Waals surface area contributed by atoms with Gasteiger partial charge in [0, 0.05) is 12.1 Å². The first-order valence-electron chi connectivity index (χ1n) is 7.80. The number of fused-ring (bicyclic) bond motifs is 1. The van der Waals surface area contributed by atoms with E-state index < -0.39 is 15.6 Å². The van der Waals surface area contributed by atoms with Gasteiger partial charge in [0.25, 0.3) is 0 Å². The summed E-state index contributed by atoms with van der Waals surface area (Å²) in [7, 11) is -3.48. The lowest BCUT2D eigenvalue weighted by atomic mass is 9.92. The maximum Gasteiger partial charge on any atom is 0.240 e. The van der Waals surface area contributed by atoms with Crippen LogP contribution in [0.15, 0.2) is 23.1 Å². The molecule has 0 aliphatic heterocycles. The molecule has 0 saturated heterocycles. The van der Waals surface area contributed by atoms with Gasteiger partial charge in [-0.15, -0.1) is 12.4 Å². The highest BCUT2D eigenvalue weighted by Crippen LogP contribution is 2.24. The Morgan fingerprint density at radius 1 is 1.14 bits per heavy atom. The van der Waals surface area contributed by atoms with E-state index in [1.165, 1.54) is 17.5 Å². The number of hydrogen-bond acceptors (Lipinski definition) is 3. The minimum atomic E-state index is -3.48. The maximum absolute atomic E-state index is 12.4. The zero-order valence-corrected chi connectivity index (χ0v) is 15.0. The van der Waals surface area contributed by atoms with Crippen molar-refractivity contribution >= 4 is 22.4 Å². The molecular weight excluding hydrogens is 320 g/mol. The number of sulfonamides is 1. The molecule has 0 atom stereocenters. The number of nitrogens with two attached hydrogens (primary N) is 1. The van der Waals surface area contributed by atoms with Crippen LogP contribution in [0.1, 0.15) is 50.7 Å². The Labute approximate surface area is 140 Å². The van der Waals surface area contributed by atoms with E-state index in [0.29, 0.717) is 4.90 Å². The predicted octanol–water partition coefficient (Wildman–Crippen LogP) is 2.78. The van der Waals surface area contributed by atoms with E-state index in [9.17, 15) is 8.42 Å². The van der Waals surface area contributed by atoms with Gasteiger partial charge >= 0.3 is 0 Å². The molecule has 0 spiro atoms. The quantitative estimate of drug-likeness (QED) is 0.831. The lowest BCUT2D eigenvalue weighted by molar-refractivity contribution is 0.392. The topological polar surface area (TPSA) is 72.2 Å². The highest BCUT2D eigenvalue weighted by atomic mass is 35.5. The van der Waals surface area contributed by atoms with Gasteiger partial charge in [-0.25, -0.2) is 13.1 Å². The lowest BCUT2D eigenvalue weighted by Gasteiger charge is -2.26. The van der Waals surface area contributed by atoms with E-state index in [0.717, 1.165) is 32.1 Å². The normalized spacial score (nSPS) is 15.0. The maximum atomic E-state index is 12.4. The van der Waals surface area contributed by atoms with Crippen molar-refractivity contribution < 1.29 is 8.42 Å². The van der Waals surface area contributed by atoms with E-state index in [1.54, 1.807) is 6.07 Å². The molecule has 0 amide bonds. The first-order chi connectivity index (χ1) is 9.90. The van der Waals surface area contributed by atoms with Crippen molar-refractivity contribution in [3.8, 4) is 0 Å². The zero-order chi connectivity index (χ0) is 15.5. The molecule has 0 fully saturated rings. The Morgan fingerprint density at radius 2 is 1.73 bits per heavy atom. The van der Waals surface area contributed by atoms with Gasteiger partial charge in [0.2, 0.25) is 10.0 Å². The van der Waals surface area contributed by atoms with Crippen molar-refractivity contribution in [2.24, 2.45) is 5.73 Å². The summed E-state index contributed by atoms with van der Waals surface area (Å²) in [5, 5.41) is 0. The van der Waals surface area contributed by atoms with Crippen molar-refractivity contribution in [1.82, 2.24) is 4.72 Å². The standard InChI is InChI=1S/C16H26N2O2S.ClH/c1-3-16(17,4-2)12-18-21(19,20)15-10-9-13-7-5-6-8-14(13)11-15;/h9-11,18H,3-8,12,17H2,1-2H3;1H. The van der Waals surface area contributed by atoms with Crippen LogP contribution in [0.2, 0.25) is 0 Å². The molecule has 0 heterocycles. The summed E-state index contributed by atoms with van der Waals surface area (Å²) in [6.07, 6.45) is 5.86. The molecule has 6 heteroatoms. The third-order valence-corrected chi connectivity index (χ3v) is 6.05. The van der Waals surface area contributed by atoms with Gasteiger partial charge in [0.1, 0.15) is 0 Å². The fourth-order valence-corrected chi connectivity index (χ4v) is 3.89. The Kier molecular flexibility index (Phi) is 6.86. The summed E-state index contributed by atoms with van der Waals surface area (Å²) in [6, 6.07) is 5.49. The van der Waals surface area contributed by atoms with Crippen molar-refractivity contribution in [2.45, 2.75) is 62.8 Å². The molecule has 3 N–H and O–H groups in total. The molecule has 0 aromatic heterocycles. The van der Waals surface area contributed by atoms with E-state index in [1.807, 2.05) is 26.0 Å². The largest absolute Gasteiger partial charge is 0.324 e. The van der Waals surface area contributed by atoms with Crippen LogP contribution < -0.4 is 10.5 Å². The van der Waals surface area contributed by atoms with Gasteiger partial charge in [-0.05, 0) is 61.8 Å². The molecule has 1 aromatic carbocycles. The van der Waals surface area contributed by atoms with Crippen LogP contribution in [0.4, 0.5) is 0 Å². The Hall–Kier alpha value is -0.620. The minimum absolute atomic E-state index is 0. The summed E-state index contributed by atoms with van der Waals surface area (Å²) in [5.74, 6) is 0. The van der Waals surface area contributed by atoms with Crippen LogP contribution in [-0.2, 0) is 22.9 Å². The van der Waals surface area contributed by atoms with E-state index in [2.05, 4.69) is 4.72 Å². The fraction of sp³-hybridized carbons (Fsp3) is 0.625. The predicted molar refractivity (Wildman–Crippen MR) is 93.0 cm³/mol. The molecule has 1 aliphatic rings. The number of halogens is 1. The number of benzene rings is 1. The van der Waals surface area contributed by atoms with Crippen LogP contribution in [0.3, 0.4) is 0 Å². The minimum Gasteiger partial charge on any atom is -0.324 e. The fourth-order valence-electron chi connectivity index (χ4n) is 2.70. The van der Waals surface area contributed by atoms with Gasteiger partial charge in [0.15, 0.2) is 0 Å². The molecule has 22 heavy (non-hydrogen) atoms. The Bertz CT molecular complexity index is 598. The van der Waals surface area contributed by atoms with Crippen molar-refractivity contribution in [2.75, 3.05) is 6.54 Å². The van der Waals surface area contributed by atoms with Crippen molar-refractivity contribution in [1.29, 1.82) is 0 Å². The SMILES string of the molecule is CCC(N)(CC)CNS(=O)(=O)c1ccc2c(c1)CCCC2.Cl. The number of nitrogens with one attached hydrogen (secondary N) is 1. The number of rotatable bonds is 6. The molecule has 0 saturated carbocycles. The molecule has 0 radical (unpaired) electrons. The molecule has 0 unspecified atom stereocenters. The highest BCUT2D eigenvalue weighted by Gasteiger charge is 2.24. The lowest BCUT2D eigenvalue weighted by Crippen LogP contribution is -2.49. The molecule has 126 valence electrons. The van der Waals surface area contributed by atoms with Gasteiger partial charge in [-0.3, -0.25) is 0 Å². The van der Waals surface area contributed by atoms with Crippen LogP contribution in [0, 0.1) is 0 Å². The molecule has 0 bridgehead atoms. The number of aryl methyl sites for hydroxylation is 2. The highest BCUT2D eigenvalue weighted by molar-refractivity contribution is 7.89. The van der Waals surface area contributed by atoms with Gasteiger partial charge in [0.05, 0.1) is 4.90 Å². The average Bonchev–Trinajstić information content (AvgIpc) is 2.52. The van der Waals surface area contributed by atoms with Gasteiger partial charge in [-0.1, -0.05) is 19.9 Å². The van der Waals surface area contributed by atoms with Crippen LogP contribution in [0.25, 0.3) is 0 Å². The van der Waals surface area contributed by atoms with Gasteiger partial charge in [-0.2, -0.15) is 0 Å². The summed E-state index contributed by atoms with van der Waals surface area (Å²) in [4.78, 5) is 0.359. The van der Waals surface area contributed by atoms with Crippen LogP contribution in [-0.4, -0.2) is 20.5 Å². The van der Waals surface area contributed by atoms with Crippen LogP contribution >= 0.6 is 12.4 Å². The first kappa shape index (κ1) is 19.4. The summed E-state index contributed by atoms with van der Waals surface area (Å²) < 4.78 is 27.5. The second-order valence-corrected chi connectivity index (χ2v) is 7.80. The molecular formula is C16H27ClN2O2S. The van der Waals surface area contributed by atoms with Crippen molar-refractivity contribution in [3.63, 3.8) is 0 Å². The molecule has 4 nitrogen and oxygen atoms in total. The summed E-state index contributed by atoms with van der Waals surface area (Å²) in [6.45, 7) is 4.24.